The van der Waals surface area contributed by atoms with Gasteiger partial charge in [0, 0.05) is 26.5 Å². The molecule has 0 bridgehead atoms. The Balaban J connectivity index is 4.24. The van der Waals surface area contributed by atoms with Gasteiger partial charge in [0.05, 0.1) is 32.5 Å². The van der Waals surface area contributed by atoms with Crippen LogP contribution in [-0.2, 0) is 33.3 Å². The lowest BCUT2D eigenvalue weighted by Crippen LogP contribution is -2.43. The lowest BCUT2D eigenvalue weighted by molar-refractivity contribution is -0.126. The summed E-state index contributed by atoms with van der Waals surface area (Å²) in [6, 6.07) is -0.691. The molecule has 0 aliphatic heterocycles. The molecule has 0 fully saturated rings. The Hall–Kier alpha value is -2.04. The molecule has 0 unspecified atom stereocenters. The van der Waals surface area contributed by atoms with Crippen molar-refractivity contribution in [2.75, 3.05) is 46.7 Å². The molecule has 0 aromatic carbocycles. The van der Waals surface area contributed by atoms with Crippen molar-refractivity contribution in [3.63, 3.8) is 0 Å². The molecule has 2 amide bonds. The number of amides is 2. The van der Waals surface area contributed by atoms with E-state index < -0.39 is 17.7 Å². The molecule has 0 saturated heterocycles. The Morgan fingerprint density at radius 1 is 0.879 bits per heavy atom. The van der Waals surface area contributed by atoms with Crippen molar-refractivity contribution in [3.8, 4) is 0 Å². The highest BCUT2D eigenvalue weighted by atomic mass is 16.6. The molecule has 0 heterocycles. The summed E-state index contributed by atoms with van der Waals surface area (Å²) in [5.41, 5.74) is -0.672. The van der Waals surface area contributed by atoms with Crippen molar-refractivity contribution < 1.29 is 38.1 Å². The molecule has 2 N–H and O–H groups in total. The van der Waals surface area contributed by atoms with E-state index in [0.717, 1.165) is 0 Å². The second-order valence-corrected chi connectivity index (χ2v) is 8.72. The Kier molecular flexibility index (Phi) is 17.3. The molecular weight excluding hydrogens is 432 g/mol. The molecule has 0 saturated carbocycles. The van der Waals surface area contributed by atoms with E-state index in [1.54, 1.807) is 27.9 Å². The molecule has 0 aromatic rings. The van der Waals surface area contributed by atoms with Crippen LogP contribution in [0, 0.1) is 0 Å². The van der Waals surface area contributed by atoms with E-state index >= 15 is 0 Å². The number of alkyl carbamates (subject to hydrolysis) is 1. The summed E-state index contributed by atoms with van der Waals surface area (Å²) in [6.45, 7) is 8.81. The van der Waals surface area contributed by atoms with Crippen molar-refractivity contribution in [3.05, 3.63) is 0 Å². The molecule has 10 nitrogen and oxygen atoms in total. The number of ether oxygens (including phenoxy) is 4. The van der Waals surface area contributed by atoms with Gasteiger partial charge in [0.2, 0.25) is 5.91 Å². The number of ketones is 2. The molecule has 10 heteroatoms. The molecule has 0 aliphatic rings. The largest absolute Gasteiger partial charge is 0.444 e. The third-order valence-electron chi connectivity index (χ3n) is 4.31. The molecular formula is C23H42N2O8. The minimum Gasteiger partial charge on any atom is -0.444 e. The van der Waals surface area contributed by atoms with Gasteiger partial charge in [-0.15, -0.1) is 0 Å². The highest BCUT2D eigenvalue weighted by molar-refractivity contribution is 5.87. The van der Waals surface area contributed by atoms with Crippen LogP contribution in [0.25, 0.3) is 0 Å². The fourth-order valence-electron chi connectivity index (χ4n) is 2.73. The lowest BCUT2D eigenvalue weighted by atomic mass is 10.0. The molecule has 1 atom stereocenters. The monoisotopic (exact) mass is 474 g/mol. The first kappa shape index (κ1) is 31.0. The number of rotatable bonds is 19. The van der Waals surface area contributed by atoms with Crippen LogP contribution >= 0.6 is 0 Å². The van der Waals surface area contributed by atoms with Gasteiger partial charge in [-0.1, -0.05) is 0 Å². The number of carbonyl (C=O) groups excluding carboxylic acids is 4. The number of nitrogens with one attached hydrogen (secondary N) is 2. The van der Waals surface area contributed by atoms with Gasteiger partial charge < -0.3 is 34.4 Å². The first-order chi connectivity index (χ1) is 15.5. The topological polar surface area (TPSA) is 129 Å². The van der Waals surface area contributed by atoms with E-state index in [0.29, 0.717) is 65.1 Å². The molecule has 0 rings (SSSR count). The smallest absolute Gasteiger partial charge is 0.408 e. The maximum absolute atomic E-state index is 12.5. The van der Waals surface area contributed by atoms with E-state index in [4.69, 9.17) is 18.9 Å². The number of Topliss-reactive ketones (excluding diaryl/α,β-unsaturated/α-hetero) is 2. The lowest BCUT2D eigenvalue weighted by Gasteiger charge is -2.23. The highest BCUT2D eigenvalue weighted by Crippen LogP contribution is 2.11. The van der Waals surface area contributed by atoms with Crippen LogP contribution in [-0.4, -0.2) is 81.9 Å². The summed E-state index contributed by atoms with van der Waals surface area (Å²) in [4.78, 5) is 47.5. The molecule has 0 aliphatic carbocycles. The number of unbranched alkanes of at least 4 members (excludes halogenated alkanes) is 1. The molecule has 33 heavy (non-hydrogen) atoms. The zero-order valence-corrected chi connectivity index (χ0v) is 20.8. The number of hydrogen-bond donors (Lipinski definition) is 2. The molecule has 0 radical (unpaired) electrons. The minimum atomic E-state index is -0.691. The Morgan fingerprint density at radius 3 is 2.18 bits per heavy atom. The van der Waals surface area contributed by atoms with Crippen LogP contribution in [0.4, 0.5) is 4.79 Å². The van der Waals surface area contributed by atoms with Gasteiger partial charge in [-0.3, -0.25) is 9.59 Å². The Bertz CT molecular complexity index is 590. The Labute approximate surface area is 197 Å². The first-order valence-corrected chi connectivity index (χ1v) is 11.5. The summed E-state index contributed by atoms with van der Waals surface area (Å²) < 4.78 is 20.6. The normalized spacial score (nSPS) is 12.2. The summed E-state index contributed by atoms with van der Waals surface area (Å²) in [6.07, 6.45) is 2.02. The zero-order chi connectivity index (χ0) is 25.1. The van der Waals surface area contributed by atoms with Crippen molar-refractivity contribution in [1.29, 1.82) is 0 Å². The molecule has 192 valence electrons. The molecule has 0 aromatic heterocycles. The van der Waals surface area contributed by atoms with Gasteiger partial charge in [0.1, 0.15) is 18.0 Å². The highest BCUT2D eigenvalue weighted by Gasteiger charge is 2.23. The predicted octanol–water partition coefficient (Wildman–Crippen LogP) is 2.17. The second-order valence-electron chi connectivity index (χ2n) is 8.72. The van der Waals surface area contributed by atoms with E-state index in [1.807, 2.05) is 0 Å². The number of methoxy groups -OCH3 is 1. The van der Waals surface area contributed by atoms with E-state index in [-0.39, 0.29) is 30.5 Å². The van der Waals surface area contributed by atoms with Crippen molar-refractivity contribution in [1.82, 2.24) is 10.6 Å². The third kappa shape index (κ3) is 20.3. The van der Waals surface area contributed by atoms with Crippen LogP contribution in [0.5, 0.6) is 0 Å². The zero-order valence-electron chi connectivity index (χ0n) is 20.8. The third-order valence-corrected chi connectivity index (χ3v) is 4.31. The van der Waals surface area contributed by atoms with Gasteiger partial charge in [-0.2, -0.15) is 0 Å². The fourth-order valence-corrected chi connectivity index (χ4v) is 2.73. The summed E-state index contributed by atoms with van der Waals surface area (Å²) in [5.74, 6) is -0.333. The standard InChI is InChI=1S/C23H42N2O8/c1-18(26)9-8-11-20(27)19(25-22(29)33-23(2,3)4)10-6-7-12-24-21(28)17-32-16-15-31-14-13-30-5/h19H,6-17H2,1-5H3,(H,24,28)(H,25,29)/t19-/m0/s1. The van der Waals surface area contributed by atoms with Crippen LogP contribution in [0.15, 0.2) is 0 Å². The minimum absolute atomic E-state index is 0.0257. The van der Waals surface area contributed by atoms with Gasteiger partial charge in [0.15, 0.2) is 5.78 Å². The van der Waals surface area contributed by atoms with E-state index in [1.165, 1.54) is 6.92 Å². The van der Waals surface area contributed by atoms with E-state index in [9.17, 15) is 19.2 Å². The van der Waals surface area contributed by atoms with Crippen LogP contribution < -0.4 is 10.6 Å². The predicted molar refractivity (Wildman–Crippen MR) is 123 cm³/mol. The maximum Gasteiger partial charge on any atom is 0.408 e. The SMILES string of the molecule is COCCOCCOCC(=O)NCCCC[C@H](NC(=O)OC(C)(C)C)C(=O)CCCC(C)=O. The van der Waals surface area contributed by atoms with Crippen molar-refractivity contribution in [2.24, 2.45) is 0 Å². The first-order valence-electron chi connectivity index (χ1n) is 11.5. The number of hydrogen-bond acceptors (Lipinski definition) is 8. The van der Waals surface area contributed by atoms with Gasteiger partial charge >= 0.3 is 6.09 Å². The van der Waals surface area contributed by atoms with Crippen LogP contribution in [0.3, 0.4) is 0 Å². The van der Waals surface area contributed by atoms with Gasteiger partial charge in [0.25, 0.3) is 0 Å². The average Bonchev–Trinajstić information content (AvgIpc) is 2.70. The average molecular weight is 475 g/mol. The van der Waals surface area contributed by atoms with Crippen LogP contribution in [0.1, 0.15) is 66.2 Å². The quantitative estimate of drug-likeness (QED) is 0.273. The van der Waals surface area contributed by atoms with Crippen molar-refractivity contribution in [2.45, 2.75) is 77.9 Å². The fraction of sp³-hybridized carbons (Fsp3) is 0.826. The maximum atomic E-state index is 12.5. The van der Waals surface area contributed by atoms with Gasteiger partial charge in [-0.05, 0) is 53.4 Å². The Morgan fingerprint density at radius 2 is 1.55 bits per heavy atom. The van der Waals surface area contributed by atoms with Gasteiger partial charge in [-0.25, -0.2) is 4.79 Å². The van der Waals surface area contributed by atoms with E-state index in [2.05, 4.69) is 10.6 Å². The van der Waals surface area contributed by atoms with Crippen LogP contribution in [0.2, 0.25) is 0 Å². The molecule has 0 spiro atoms. The number of carbonyl (C=O) groups is 4. The second kappa shape index (κ2) is 18.4. The van der Waals surface area contributed by atoms with Crippen molar-refractivity contribution >= 4 is 23.6 Å². The summed E-state index contributed by atoms with van der Waals surface area (Å²) in [7, 11) is 1.59. The summed E-state index contributed by atoms with van der Waals surface area (Å²) in [5, 5.41) is 5.40. The summed E-state index contributed by atoms with van der Waals surface area (Å²) >= 11 is 0.